The maximum atomic E-state index is 13.6. The van der Waals surface area contributed by atoms with Gasteiger partial charge in [0.2, 0.25) is 5.71 Å². The molecule has 1 saturated heterocycles. The summed E-state index contributed by atoms with van der Waals surface area (Å²) in [5, 5.41) is 5.47. The Bertz CT molecular complexity index is 1600. The van der Waals surface area contributed by atoms with Crippen LogP contribution in [0.15, 0.2) is 77.6 Å². The van der Waals surface area contributed by atoms with Gasteiger partial charge >= 0.3 is 0 Å². The van der Waals surface area contributed by atoms with Crippen molar-refractivity contribution in [2.45, 2.75) is 6.54 Å². The molecule has 1 aliphatic heterocycles. The summed E-state index contributed by atoms with van der Waals surface area (Å²) in [5.74, 6) is 0.675. The molecular weight excluding hydrogens is 455 g/mol. The van der Waals surface area contributed by atoms with Crippen LogP contribution in [0.3, 0.4) is 0 Å². The topological polar surface area (TPSA) is 90.9 Å². The number of furan rings is 1. The molecule has 170 valence electrons. The molecule has 1 aliphatic rings. The molecule has 9 heteroatoms. The molecule has 0 unspecified atom stereocenters. The van der Waals surface area contributed by atoms with Crippen molar-refractivity contribution in [2.24, 2.45) is 5.92 Å². The number of rotatable bonds is 5. The highest BCUT2D eigenvalue weighted by Crippen LogP contribution is 2.37. The summed E-state index contributed by atoms with van der Waals surface area (Å²) in [4.78, 5) is 8.84. The molecule has 34 heavy (non-hydrogen) atoms. The number of hydrogen-bond acceptors (Lipinski definition) is 6. The highest BCUT2D eigenvalue weighted by molar-refractivity contribution is 7.92. The molecule has 0 bridgehead atoms. The van der Waals surface area contributed by atoms with E-state index < -0.39 is 9.84 Å². The van der Waals surface area contributed by atoms with Gasteiger partial charge in [0, 0.05) is 35.3 Å². The number of fused-ring (bicyclic) bond motifs is 1. The Morgan fingerprint density at radius 1 is 0.971 bits per heavy atom. The quantitative estimate of drug-likeness (QED) is 0.370. The van der Waals surface area contributed by atoms with Crippen LogP contribution < -0.4 is 0 Å². The number of sulfone groups is 1. The summed E-state index contributed by atoms with van der Waals surface area (Å²) in [7, 11) is -2.93. The third-order valence-electron chi connectivity index (χ3n) is 5.95. The van der Waals surface area contributed by atoms with Crippen LogP contribution in [-0.2, 0) is 16.4 Å². The summed E-state index contributed by atoms with van der Waals surface area (Å²) in [6.45, 7) is 0.475. The second-order valence-corrected chi connectivity index (χ2v) is 10.6. The zero-order valence-corrected chi connectivity index (χ0v) is 18.7. The smallest absolute Gasteiger partial charge is 0.230 e. The minimum atomic E-state index is -2.93. The fourth-order valence-corrected chi connectivity index (χ4v) is 5.91. The van der Waals surface area contributed by atoms with Crippen LogP contribution in [-0.4, -0.2) is 39.7 Å². The number of nitrogens with zero attached hydrogens (tertiary/aromatic N) is 4. The number of hydrogen-bond donors (Lipinski definition) is 0. The molecule has 0 spiro atoms. The molecule has 6 rings (SSSR count). The lowest BCUT2D eigenvalue weighted by atomic mass is 10.0. The van der Waals surface area contributed by atoms with Crippen LogP contribution in [0.5, 0.6) is 0 Å². The lowest BCUT2D eigenvalue weighted by molar-refractivity contribution is 0.443. The standard InChI is InChI=1S/C25H19FN4O3S/c26-19-8-6-18(7-9-19)23-21(12-30(29-23)11-16-13-34(31,32)14-16)24-20-10-22(17-4-2-1-3-5-17)33-25(20)28-15-27-24/h1-10,12,15-16H,11,13-14H2. The maximum Gasteiger partial charge on any atom is 0.230 e. The van der Waals surface area contributed by atoms with E-state index in [0.29, 0.717) is 29.4 Å². The lowest BCUT2D eigenvalue weighted by Gasteiger charge is -2.25. The van der Waals surface area contributed by atoms with E-state index in [1.54, 1.807) is 16.8 Å². The van der Waals surface area contributed by atoms with E-state index >= 15 is 0 Å². The van der Waals surface area contributed by atoms with E-state index in [0.717, 1.165) is 22.1 Å². The maximum absolute atomic E-state index is 13.6. The molecule has 2 aromatic carbocycles. The Hall–Kier alpha value is -3.85. The SMILES string of the molecule is O=S1(=O)CC(Cn2cc(-c3ncnc4oc(-c5ccccc5)cc34)c(-c3ccc(F)cc3)n2)C1. The van der Waals surface area contributed by atoms with Crippen molar-refractivity contribution in [2.75, 3.05) is 11.5 Å². The van der Waals surface area contributed by atoms with Gasteiger partial charge < -0.3 is 4.42 Å². The van der Waals surface area contributed by atoms with Gasteiger partial charge in [0.15, 0.2) is 9.84 Å². The zero-order chi connectivity index (χ0) is 23.3. The Labute approximate surface area is 194 Å². The van der Waals surface area contributed by atoms with Gasteiger partial charge in [-0.25, -0.2) is 22.8 Å². The highest BCUT2D eigenvalue weighted by Gasteiger charge is 2.34. The van der Waals surface area contributed by atoms with E-state index in [1.807, 2.05) is 42.6 Å². The molecule has 0 atom stereocenters. The number of halogens is 1. The predicted molar refractivity (Wildman–Crippen MR) is 126 cm³/mol. The molecule has 0 amide bonds. The van der Waals surface area contributed by atoms with Gasteiger partial charge in [0.05, 0.1) is 22.6 Å². The van der Waals surface area contributed by atoms with Crippen LogP contribution in [0.2, 0.25) is 0 Å². The lowest BCUT2D eigenvalue weighted by Crippen LogP contribution is -2.39. The van der Waals surface area contributed by atoms with E-state index in [4.69, 9.17) is 9.52 Å². The molecule has 5 aromatic rings. The molecular formula is C25H19FN4O3S. The minimum absolute atomic E-state index is 0.0165. The van der Waals surface area contributed by atoms with Crippen LogP contribution >= 0.6 is 0 Å². The monoisotopic (exact) mass is 474 g/mol. The number of aromatic nitrogens is 4. The van der Waals surface area contributed by atoms with Gasteiger partial charge in [0.25, 0.3) is 0 Å². The molecule has 3 aromatic heterocycles. The average Bonchev–Trinajstić information content (AvgIpc) is 3.43. The summed E-state index contributed by atoms with van der Waals surface area (Å²) < 4.78 is 44.6. The molecule has 1 fully saturated rings. The van der Waals surface area contributed by atoms with Crippen LogP contribution in [0, 0.1) is 11.7 Å². The fraction of sp³-hybridized carbons (Fsp3) is 0.160. The van der Waals surface area contributed by atoms with Crippen molar-refractivity contribution >= 4 is 20.9 Å². The van der Waals surface area contributed by atoms with Crippen molar-refractivity contribution in [3.8, 4) is 33.8 Å². The van der Waals surface area contributed by atoms with Crippen LogP contribution in [0.1, 0.15) is 0 Å². The van der Waals surface area contributed by atoms with Crippen LogP contribution in [0.25, 0.3) is 44.9 Å². The van der Waals surface area contributed by atoms with Crippen molar-refractivity contribution in [3.05, 3.63) is 79.0 Å². The van der Waals surface area contributed by atoms with Crippen molar-refractivity contribution in [1.82, 2.24) is 19.7 Å². The first-order chi connectivity index (χ1) is 16.4. The average molecular weight is 475 g/mol. The van der Waals surface area contributed by atoms with Crippen molar-refractivity contribution in [1.29, 1.82) is 0 Å². The van der Waals surface area contributed by atoms with E-state index in [2.05, 4.69) is 9.97 Å². The molecule has 0 saturated carbocycles. The van der Waals surface area contributed by atoms with E-state index in [9.17, 15) is 12.8 Å². The molecule has 4 heterocycles. The highest BCUT2D eigenvalue weighted by atomic mass is 32.2. The van der Waals surface area contributed by atoms with Crippen molar-refractivity contribution in [3.63, 3.8) is 0 Å². The van der Waals surface area contributed by atoms with E-state index in [-0.39, 0.29) is 23.2 Å². The normalized spacial score (nSPS) is 15.4. The second kappa shape index (κ2) is 7.88. The number of benzene rings is 2. The Morgan fingerprint density at radius 2 is 1.74 bits per heavy atom. The fourth-order valence-electron chi connectivity index (χ4n) is 4.36. The summed E-state index contributed by atoms with van der Waals surface area (Å²) in [6.07, 6.45) is 3.31. The zero-order valence-electron chi connectivity index (χ0n) is 17.9. The third kappa shape index (κ3) is 3.77. The first-order valence-electron chi connectivity index (χ1n) is 10.8. The van der Waals surface area contributed by atoms with Crippen LogP contribution in [0.4, 0.5) is 4.39 Å². The third-order valence-corrected chi connectivity index (χ3v) is 7.91. The van der Waals surface area contributed by atoms with Gasteiger partial charge in [-0.2, -0.15) is 5.10 Å². The summed E-state index contributed by atoms with van der Waals surface area (Å²) in [6, 6.07) is 17.7. The Morgan fingerprint density at radius 3 is 2.47 bits per heavy atom. The Kier molecular flexibility index (Phi) is 4.80. The summed E-state index contributed by atoms with van der Waals surface area (Å²) >= 11 is 0. The van der Waals surface area contributed by atoms with Gasteiger partial charge in [-0.15, -0.1) is 0 Å². The van der Waals surface area contributed by atoms with E-state index in [1.165, 1.54) is 18.5 Å². The van der Waals surface area contributed by atoms with Crippen molar-refractivity contribution < 1.29 is 17.2 Å². The summed E-state index contributed by atoms with van der Waals surface area (Å²) in [5.41, 5.74) is 4.11. The minimum Gasteiger partial charge on any atom is -0.438 e. The van der Waals surface area contributed by atoms with Gasteiger partial charge in [-0.05, 0) is 30.3 Å². The van der Waals surface area contributed by atoms with Gasteiger partial charge in [0.1, 0.15) is 23.6 Å². The first kappa shape index (κ1) is 20.7. The molecule has 0 radical (unpaired) electrons. The second-order valence-electron chi connectivity index (χ2n) is 8.48. The van der Waals surface area contributed by atoms with Gasteiger partial charge in [-0.3, -0.25) is 4.68 Å². The molecule has 7 nitrogen and oxygen atoms in total. The predicted octanol–water partition coefficient (Wildman–Crippen LogP) is 4.60. The van der Waals surface area contributed by atoms with Gasteiger partial charge in [-0.1, -0.05) is 30.3 Å². The largest absolute Gasteiger partial charge is 0.438 e. The molecule has 0 N–H and O–H groups in total. The Balaban J connectivity index is 1.47. The first-order valence-corrected chi connectivity index (χ1v) is 12.6. The molecule has 0 aliphatic carbocycles.